The fourth-order valence-electron chi connectivity index (χ4n) is 3.32. The highest BCUT2D eigenvalue weighted by Gasteiger charge is 2.39. The van der Waals surface area contributed by atoms with Crippen LogP contribution >= 0.6 is 11.3 Å². The highest BCUT2D eigenvalue weighted by atomic mass is 32.1. The molecule has 0 aromatic carbocycles. The first kappa shape index (κ1) is 15.9. The van der Waals surface area contributed by atoms with Crippen molar-refractivity contribution in [3.8, 4) is 0 Å². The highest BCUT2D eigenvalue weighted by Crippen LogP contribution is 2.34. The molecule has 4 nitrogen and oxygen atoms in total. The largest absolute Gasteiger partial charge is 0.374 e. The standard InChI is InChI=1S/C15H27N3OS/c1-3-19-15(8-6-4-5-7-9-15)14(18-16)10-13-11-20-12(2)17-13/h11,14,18H,3-10,16H2,1-2H3. The van der Waals surface area contributed by atoms with Gasteiger partial charge in [-0.3, -0.25) is 11.3 Å². The second-order valence-corrected chi connectivity index (χ2v) is 6.76. The number of aryl methyl sites for hydroxylation is 1. The van der Waals surface area contributed by atoms with Gasteiger partial charge in [0.1, 0.15) is 0 Å². The maximum atomic E-state index is 6.22. The smallest absolute Gasteiger partial charge is 0.0897 e. The van der Waals surface area contributed by atoms with Crippen molar-refractivity contribution in [3.05, 3.63) is 16.1 Å². The maximum absolute atomic E-state index is 6.22. The summed E-state index contributed by atoms with van der Waals surface area (Å²) in [6, 6.07) is 0.141. The van der Waals surface area contributed by atoms with E-state index in [1.54, 1.807) is 11.3 Å². The normalized spacial score (nSPS) is 20.6. The lowest BCUT2D eigenvalue weighted by Gasteiger charge is -2.39. The molecule has 1 heterocycles. The van der Waals surface area contributed by atoms with E-state index in [0.29, 0.717) is 0 Å². The third-order valence-corrected chi connectivity index (χ3v) is 5.12. The molecule has 1 fully saturated rings. The summed E-state index contributed by atoms with van der Waals surface area (Å²) in [7, 11) is 0. The van der Waals surface area contributed by atoms with Crippen LogP contribution in [0, 0.1) is 6.92 Å². The van der Waals surface area contributed by atoms with E-state index in [0.717, 1.165) is 36.6 Å². The molecular formula is C15H27N3OS. The van der Waals surface area contributed by atoms with Crippen LogP contribution in [-0.4, -0.2) is 23.2 Å². The Hall–Kier alpha value is -0.490. The van der Waals surface area contributed by atoms with Gasteiger partial charge < -0.3 is 4.74 Å². The maximum Gasteiger partial charge on any atom is 0.0897 e. The zero-order chi connectivity index (χ0) is 14.4. The number of hydrazine groups is 1. The average Bonchev–Trinajstić information content (AvgIpc) is 2.71. The van der Waals surface area contributed by atoms with Gasteiger partial charge in [0, 0.05) is 18.4 Å². The zero-order valence-corrected chi connectivity index (χ0v) is 13.5. The van der Waals surface area contributed by atoms with Crippen LogP contribution in [0.25, 0.3) is 0 Å². The van der Waals surface area contributed by atoms with E-state index < -0.39 is 0 Å². The van der Waals surface area contributed by atoms with Crippen molar-refractivity contribution < 1.29 is 4.74 Å². The zero-order valence-electron chi connectivity index (χ0n) is 12.7. The molecule has 5 heteroatoms. The summed E-state index contributed by atoms with van der Waals surface area (Å²) in [5.41, 5.74) is 4.02. The van der Waals surface area contributed by atoms with Gasteiger partial charge >= 0.3 is 0 Å². The lowest BCUT2D eigenvalue weighted by atomic mass is 9.84. The van der Waals surface area contributed by atoms with Crippen LogP contribution in [0.5, 0.6) is 0 Å². The Labute approximate surface area is 126 Å². The second kappa shape index (κ2) is 7.50. The number of aromatic nitrogens is 1. The Bertz CT molecular complexity index is 400. The summed E-state index contributed by atoms with van der Waals surface area (Å²) < 4.78 is 6.22. The molecule has 0 radical (unpaired) electrons. The van der Waals surface area contributed by atoms with Gasteiger partial charge in [-0.25, -0.2) is 4.98 Å². The molecule has 114 valence electrons. The van der Waals surface area contributed by atoms with E-state index >= 15 is 0 Å². The van der Waals surface area contributed by atoms with E-state index in [9.17, 15) is 0 Å². The fourth-order valence-corrected chi connectivity index (χ4v) is 3.94. The number of rotatable bonds is 6. The summed E-state index contributed by atoms with van der Waals surface area (Å²) in [6.45, 7) is 4.87. The van der Waals surface area contributed by atoms with E-state index in [1.165, 1.54) is 25.7 Å². The Morgan fingerprint density at radius 1 is 1.40 bits per heavy atom. The molecule has 1 saturated carbocycles. The quantitative estimate of drug-likeness (QED) is 0.481. The van der Waals surface area contributed by atoms with E-state index in [-0.39, 0.29) is 11.6 Å². The Kier molecular flexibility index (Phi) is 5.96. The molecule has 0 spiro atoms. The lowest BCUT2D eigenvalue weighted by molar-refractivity contribution is -0.0769. The molecule has 1 aromatic rings. The van der Waals surface area contributed by atoms with E-state index in [1.807, 2.05) is 6.92 Å². The van der Waals surface area contributed by atoms with Gasteiger partial charge in [-0.1, -0.05) is 25.7 Å². The van der Waals surface area contributed by atoms with E-state index in [4.69, 9.17) is 10.6 Å². The minimum atomic E-state index is -0.127. The molecule has 1 atom stereocenters. The topological polar surface area (TPSA) is 60.2 Å². The molecule has 0 bridgehead atoms. The summed E-state index contributed by atoms with van der Waals surface area (Å²) >= 11 is 1.70. The monoisotopic (exact) mass is 297 g/mol. The summed E-state index contributed by atoms with van der Waals surface area (Å²) in [6.07, 6.45) is 8.12. The summed E-state index contributed by atoms with van der Waals surface area (Å²) in [5, 5.41) is 3.25. The van der Waals surface area contributed by atoms with Crippen molar-refractivity contribution in [2.24, 2.45) is 5.84 Å². The molecule has 0 amide bonds. The number of nitrogens with two attached hydrogens (primary N) is 1. The van der Waals surface area contributed by atoms with Gasteiger partial charge in [-0.15, -0.1) is 11.3 Å². The Balaban J connectivity index is 2.15. The molecule has 0 aliphatic heterocycles. The number of ether oxygens (including phenoxy) is 1. The highest BCUT2D eigenvalue weighted by molar-refractivity contribution is 7.09. The van der Waals surface area contributed by atoms with Gasteiger partial charge in [0.25, 0.3) is 0 Å². The number of hydrogen-bond acceptors (Lipinski definition) is 5. The summed E-state index contributed by atoms with van der Waals surface area (Å²) in [5.74, 6) is 5.87. The predicted octanol–water partition coefficient (Wildman–Crippen LogP) is 2.96. The van der Waals surface area contributed by atoms with Crippen molar-refractivity contribution in [3.63, 3.8) is 0 Å². The summed E-state index contributed by atoms with van der Waals surface area (Å²) in [4.78, 5) is 4.58. The minimum Gasteiger partial charge on any atom is -0.374 e. The van der Waals surface area contributed by atoms with Crippen molar-refractivity contribution in [1.82, 2.24) is 10.4 Å². The molecule has 0 saturated heterocycles. The molecule has 20 heavy (non-hydrogen) atoms. The minimum absolute atomic E-state index is 0.127. The molecule has 1 aliphatic carbocycles. The number of thiazole rings is 1. The SMILES string of the molecule is CCOC1(C(Cc2csc(C)n2)NN)CCCCCC1. The van der Waals surface area contributed by atoms with Crippen molar-refractivity contribution in [1.29, 1.82) is 0 Å². The first-order valence-electron chi connectivity index (χ1n) is 7.71. The molecule has 1 aliphatic rings. The van der Waals surface area contributed by atoms with Crippen molar-refractivity contribution >= 4 is 11.3 Å². The second-order valence-electron chi connectivity index (χ2n) is 5.69. The molecular weight excluding hydrogens is 270 g/mol. The number of nitrogens with zero attached hydrogens (tertiary/aromatic N) is 1. The van der Waals surface area contributed by atoms with Crippen LogP contribution in [0.3, 0.4) is 0 Å². The van der Waals surface area contributed by atoms with Crippen LogP contribution in [0.1, 0.15) is 56.2 Å². The lowest BCUT2D eigenvalue weighted by Crippen LogP contribution is -2.56. The van der Waals surface area contributed by atoms with E-state index in [2.05, 4.69) is 22.7 Å². The van der Waals surface area contributed by atoms with Gasteiger partial charge in [0.05, 0.1) is 22.3 Å². The van der Waals surface area contributed by atoms with Crippen LogP contribution in [0.4, 0.5) is 0 Å². The van der Waals surface area contributed by atoms with Crippen molar-refractivity contribution in [2.75, 3.05) is 6.61 Å². The first-order chi connectivity index (χ1) is 9.70. The Morgan fingerprint density at radius 2 is 2.10 bits per heavy atom. The molecule has 2 rings (SSSR count). The van der Waals surface area contributed by atoms with Gasteiger partial charge in [-0.2, -0.15) is 0 Å². The van der Waals surface area contributed by atoms with Gasteiger partial charge in [-0.05, 0) is 26.7 Å². The molecule has 3 N–H and O–H groups in total. The third kappa shape index (κ3) is 3.79. The number of hydrogen-bond donors (Lipinski definition) is 2. The van der Waals surface area contributed by atoms with Gasteiger partial charge in [0.15, 0.2) is 0 Å². The van der Waals surface area contributed by atoms with Gasteiger partial charge in [0.2, 0.25) is 0 Å². The predicted molar refractivity (Wildman–Crippen MR) is 83.7 cm³/mol. The van der Waals surface area contributed by atoms with Crippen LogP contribution < -0.4 is 11.3 Å². The first-order valence-corrected chi connectivity index (χ1v) is 8.59. The van der Waals surface area contributed by atoms with Crippen molar-refractivity contribution in [2.45, 2.75) is 70.4 Å². The number of nitrogens with one attached hydrogen (secondary N) is 1. The fraction of sp³-hybridized carbons (Fsp3) is 0.800. The van der Waals surface area contributed by atoms with Crippen LogP contribution in [0.2, 0.25) is 0 Å². The average molecular weight is 297 g/mol. The van der Waals surface area contributed by atoms with Crippen LogP contribution in [-0.2, 0) is 11.2 Å². The Morgan fingerprint density at radius 3 is 2.60 bits per heavy atom. The molecule has 1 aromatic heterocycles. The van der Waals surface area contributed by atoms with Crippen LogP contribution in [0.15, 0.2) is 5.38 Å². The molecule has 1 unspecified atom stereocenters. The third-order valence-electron chi connectivity index (χ3n) is 4.30.